The lowest BCUT2D eigenvalue weighted by atomic mass is 10.2. The molecule has 0 atom stereocenters. The van der Waals surface area contributed by atoms with Crippen LogP contribution in [0.1, 0.15) is 20.3 Å². The normalized spacial score (nSPS) is 10.3. The summed E-state index contributed by atoms with van der Waals surface area (Å²) in [5, 5.41) is 16.7. The van der Waals surface area contributed by atoms with Crippen LogP contribution >= 0.6 is 0 Å². The van der Waals surface area contributed by atoms with Crippen LogP contribution in [0.3, 0.4) is 0 Å². The van der Waals surface area contributed by atoms with Crippen molar-refractivity contribution in [1.82, 2.24) is 5.32 Å². The number of rotatable bonds is 8. The monoisotopic (exact) mass is 295 g/mol. The van der Waals surface area contributed by atoms with Crippen LogP contribution in [-0.2, 0) is 4.79 Å². The van der Waals surface area contributed by atoms with Gasteiger partial charge in [0.15, 0.2) is 0 Å². The van der Waals surface area contributed by atoms with E-state index in [1.54, 1.807) is 12.1 Å². The molecule has 21 heavy (non-hydrogen) atoms. The van der Waals surface area contributed by atoms with Gasteiger partial charge in [0.2, 0.25) is 5.91 Å². The summed E-state index contributed by atoms with van der Waals surface area (Å²) in [5.74, 6) is 0.735. The van der Waals surface area contributed by atoms with Crippen molar-refractivity contribution in [2.75, 3.05) is 25.5 Å². The molecule has 0 aliphatic carbocycles. The molecule has 0 aliphatic rings. The second-order valence-electron chi connectivity index (χ2n) is 5.01. The van der Waals surface area contributed by atoms with Crippen molar-refractivity contribution < 1.29 is 14.5 Å². The van der Waals surface area contributed by atoms with Crippen molar-refractivity contribution >= 4 is 17.3 Å². The van der Waals surface area contributed by atoms with Gasteiger partial charge >= 0.3 is 0 Å². The molecule has 7 heteroatoms. The molecule has 0 unspecified atom stereocenters. The molecule has 1 amide bonds. The molecule has 0 spiro atoms. The highest BCUT2D eigenvalue weighted by molar-refractivity contribution is 5.76. The lowest BCUT2D eigenvalue weighted by Gasteiger charge is -2.10. The largest absolute Gasteiger partial charge is 0.496 e. The van der Waals surface area contributed by atoms with Gasteiger partial charge in [0.25, 0.3) is 5.69 Å². The standard InChI is InChI=1S/C14H21N3O4/c1-10(2)9-16-14(18)6-7-15-12-5-4-11(21-3)8-13(12)17(19)20/h4-5,8,10,15H,6-7,9H2,1-3H3,(H,16,18). The van der Waals surface area contributed by atoms with Gasteiger partial charge in [-0.1, -0.05) is 13.8 Å². The van der Waals surface area contributed by atoms with E-state index in [0.29, 0.717) is 30.4 Å². The molecule has 0 aromatic heterocycles. The van der Waals surface area contributed by atoms with Gasteiger partial charge in [0.05, 0.1) is 18.1 Å². The van der Waals surface area contributed by atoms with Crippen molar-refractivity contribution in [1.29, 1.82) is 0 Å². The van der Waals surface area contributed by atoms with Gasteiger partial charge in [-0.15, -0.1) is 0 Å². The molecule has 0 aliphatic heterocycles. The first-order valence-corrected chi connectivity index (χ1v) is 6.77. The Morgan fingerprint density at radius 2 is 2.14 bits per heavy atom. The zero-order valence-electron chi connectivity index (χ0n) is 12.5. The second-order valence-corrected chi connectivity index (χ2v) is 5.01. The van der Waals surface area contributed by atoms with Crippen LogP contribution < -0.4 is 15.4 Å². The van der Waals surface area contributed by atoms with E-state index in [1.165, 1.54) is 13.2 Å². The van der Waals surface area contributed by atoms with Crippen LogP contribution in [0.15, 0.2) is 18.2 Å². The van der Waals surface area contributed by atoms with Gasteiger partial charge in [0, 0.05) is 19.5 Å². The first-order chi connectivity index (χ1) is 9.93. The zero-order valence-corrected chi connectivity index (χ0v) is 12.5. The van der Waals surface area contributed by atoms with Gasteiger partial charge in [-0.05, 0) is 18.1 Å². The van der Waals surface area contributed by atoms with E-state index in [9.17, 15) is 14.9 Å². The predicted molar refractivity (Wildman–Crippen MR) is 80.6 cm³/mol. The number of nitrogens with one attached hydrogen (secondary N) is 2. The summed E-state index contributed by atoms with van der Waals surface area (Å²) >= 11 is 0. The molecule has 116 valence electrons. The van der Waals surface area contributed by atoms with E-state index in [2.05, 4.69) is 10.6 Å². The highest BCUT2D eigenvalue weighted by Crippen LogP contribution is 2.28. The number of hydrogen-bond acceptors (Lipinski definition) is 5. The van der Waals surface area contributed by atoms with Gasteiger partial charge < -0.3 is 15.4 Å². The summed E-state index contributed by atoms with van der Waals surface area (Å²) < 4.78 is 4.96. The van der Waals surface area contributed by atoms with E-state index in [4.69, 9.17) is 4.74 Å². The molecule has 1 aromatic rings. The molecular formula is C14H21N3O4. The summed E-state index contributed by atoms with van der Waals surface area (Å²) in [6, 6.07) is 4.55. The van der Waals surface area contributed by atoms with Gasteiger partial charge in [0.1, 0.15) is 11.4 Å². The van der Waals surface area contributed by atoms with Crippen molar-refractivity contribution in [2.24, 2.45) is 5.92 Å². The Balaban J connectivity index is 2.55. The maximum absolute atomic E-state index is 11.6. The van der Waals surface area contributed by atoms with Crippen LogP contribution in [0.25, 0.3) is 0 Å². The van der Waals surface area contributed by atoms with Crippen molar-refractivity contribution in [3.05, 3.63) is 28.3 Å². The SMILES string of the molecule is COc1ccc(NCCC(=O)NCC(C)C)c([N+](=O)[O-])c1. The number of carbonyl (C=O) groups excluding carboxylic acids is 1. The van der Waals surface area contributed by atoms with E-state index in [0.717, 1.165) is 0 Å². The van der Waals surface area contributed by atoms with Crippen LogP contribution in [0.4, 0.5) is 11.4 Å². The Morgan fingerprint density at radius 3 is 2.71 bits per heavy atom. The highest BCUT2D eigenvalue weighted by atomic mass is 16.6. The highest BCUT2D eigenvalue weighted by Gasteiger charge is 2.15. The maximum Gasteiger partial charge on any atom is 0.296 e. The molecule has 0 fully saturated rings. The van der Waals surface area contributed by atoms with E-state index < -0.39 is 4.92 Å². The third-order valence-electron chi connectivity index (χ3n) is 2.78. The fourth-order valence-corrected chi connectivity index (χ4v) is 1.66. The number of anilines is 1. The van der Waals surface area contributed by atoms with Crippen molar-refractivity contribution in [3.63, 3.8) is 0 Å². The minimum atomic E-state index is -0.482. The summed E-state index contributed by atoms with van der Waals surface area (Å²) in [6.45, 7) is 4.98. The topological polar surface area (TPSA) is 93.5 Å². The Kier molecular flexibility index (Phi) is 6.45. The van der Waals surface area contributed by atoms with Gasteiger partial charge in [-0.25, -0.2) is 0 Å². The first kappa shape index (κ1) is 16.7. The fraction of sp³-hybridized carbons (Fsp3) is 0.500. The number of carbonyl (C=O) groups is 1. The smallest absolute Gasteiger partial charge is 0.296 e. The Hall–Kier alpha value is -2.31. The summed E-state index contributed by atoms with van der Waals surface area (Å²) in [7, 11) is 1.45. The third-order valence-corrected chi connectivity index (χ3v) is 2.78. The summed E-state index contributed by atoms with van der Waals surface area (Å²) in [5.41, 5.74) is 0.300. The number of benzene rings is 1. The first-order valence-electron chi connectivity index (χ1n) is 6.77. The van der Waals surface area contributed by atoms with Crippen LogP contribution in [0.5, 0.6) is 5.75 Å². The lowest BCUT2D eigenvalue weighted by Crippen LogP contribution is -2.28. The van der Waals surface area contributed by atoms with Crippen molar-refractivity contribution in [2.45, 2.75) is 20.3 Å². The quantitative estimate of drug-likeness (QED) is 0.566. The number of nitrogens with zero attached hydrogens (tertiary/aromatic N) is 1. The number of nitro benzene ring substituents is 1. The van der Waals surface area contributed by atoms with Gasteiger partial charge in [-0.3, -0.25) is 14.9 Å². The van der Waals surface area contributed by atoms with Crippen LogP contribution in [0, 0.1) is 16.0 Å². The number of amides is 1. The molecule has 0 heterocycles. The fourth-order valence-electron chi connectivity index (χ4n) is 1.66. The van der Waals surface area contributed by atoms with Crippen LogP contribution in [0.2, 0.25) is 0 Å². The average Bonchev–Trinajstić information content (AvgIpc) is 2.45. The predicted octanol–water partition coefficient (Wildman–Crippen LogP) is 2.18. The molecular weight excluding hydrogens is 274 g/mol. The molecule has 0 saturated carbocycles. The number of nitro groups is 1. The van der Waals surface area contributed by atoms with E-state index >= 15 is 0 Å². The number of hydrogen-bond donors (Lipinski definition) is 2. The van der Waals surface area contributed by atoms with E-state index in [-0.39, 0.29) is 18.0 Å². The minimum absolute atomic E-state index is 0.0723. The van der Waals surface area contributed by atoms with Gasteiger partial charge in [-0.2, -0.15) is 0 Å². The molecule has 0 radical (unpaired) electrons. The molecule has 0 saturated heterocycles. The average molecular weight is 295 g/mol. The molecule has 1 rings (SSSR count). The molecule has 2 N–H and O–H groups in total. The van der Waals surface area contributed by atoms with Crippen molar-refractivity contribution in [3.8, 4) is 5.75 Å². The number of ether oxygens (including phenoxy) is 1. The minimum Gasteiger partial charge on any atom is -0.496 e. The lowest BCUT2D eigenvalue weighted by molar-refractivity contribution is -0.384. The zero-order chi connectivity index (χ0) is 15.8. The maximum atomic E-state index is 11.6. The summed E-state index contributed by atoms with van der Waals surface area (Å²) in [6.07, 6.45) is 0.260. The summed E-state index contributed by atoms with van der Waals surface area (Å²) in [4.78, 5) is 22.1. The third kappa shape index (κ3) is 5.68. The Morgan fingerprint density at radius 1 is 1.43 bits per heavy atom. The Bertz CT molecular complexity index is 503. The van der Waals surface area contributed by atoms with Crippen LogP contribution in [-0.4, -0.2) is 31.0 Å². The molecule has 7 nitrogen and oxygen atoms in total. The Labute approximate surface area is 123 Å². The number of methoxy groups -OCH3 is 1. The van der Waals surface area contributed by atoms with E-state index in [1.807, 2.05) is 13.8 Å². The molecule has 1 aromatic carbocycles. The second kappa shape index (κ2) is 8.08. The molecule has 0 bridgehead atoms.